The molecule has 28 heavy (non-hydrogen) atoms. The van der Waals surface area contributed by atoms with E-state index in [1.807, 2.05) is 0 Å². The van der Waals surface area contributed by atoms with Crippen molar-refractivity contribution in [1.29, 1.82) is 0 Å². The molecule has 0 atom stereocenters. The zero-order chi connectivity index (χ0) is 20.5. The molecule has 3 rings (SSSR count). The number of para-hydroxylation sites is 1. The summed E-state index contributed by atoms with van der Waals surface area (Å²) >= 11 is 6.18. The average Bonchev–Trinajstić information content (AvgIpc) is 3.06. The van der Waals surface area contributed by atoms with Gasteiger partial charge in [-0.15, -0.1) is 0 Å². The third-order valence-electron chi connectivity index (χ3n) is 3.80. The monoisotopic (exact) mass is 424 g/mol. The van der Waals surface area contributed by atoms with Crippen LogP contribution in [0.2, 0.25) is 5.02 Å². The summed E-state index contributed by atoms with van der Waals surface area (Å²) in [6.07, 6.45) is 0.703. The smallest absolute Gasteiger partial charge is 0.407 e. The Kier molecular flexibility index (Phi) is 5.34. The van der Waals surface area contributed by atoms with Gasteiger partial charge in [0.2, 0.25) is 9.84 Å². The van der Waals surface area contributed by atoms with Crippen molar-refractivity contribution in [3.05, 3.63) is 65.3 Å². The summed E-state index contributed by atoms with van der Waals surface area (Å²) in [5.74, 6) is -0.810. The molecule has 1 aromatic carbocycles. The van der Waals surface area contributed by atoms with E-state index in [0.29, 0.717) is 0 Å². The Balaban J connectivity index is 2.20. The highest BCUT2D eigenvalue weighted by molar-refractivity contribution is 7.91. The van der Waals surface area contributed by atoms with Gasteiger partial charge in [0.25, 0.3) is 0 Å². The van der Waals surface area contributed by atoms with Crippen molar-refractivity contribution in [1.82, 2.24) is 19.7 Å². The second-order valence-electron chi connectivity index (χ2n) is 5.82. The lowest BCUT2D eigenvalue weighted by Crippen LogP contribution is -2.24. The fourth-order valence-electron chi connectivity index (χ4n) is 2.45. The van der Waals surface area contributed by atoms with Crippen molar-refractivity contribution in [3.63, 3.8) is 0 Å². The van der Waals surface area contributed by atoms with E-state index in [9.17, 15) is 17.6 Å². The van der Waals surface area contributed by atoms with Gasteiger partial charge in [0.1, 0.15) is 5.82 Å². The van der Waals surface area contributed by atoms with E-state index in [2.05, 4.69) is 10.1 Å². The van der Waals surface area contributed by atoms with Crippen molar-refractivity contribution in [2.75, 3.05) is 7.05 Å². The Morgan fingerprint density at radius 1 is 1.29 bits per heavy atom. The number of aromatic nitrogens is 3. The fourth-order valence-corrected chi connectivity index (χ4v) is 4.03. The van der Waals surface area contributed by atoms with E-state index in [0.717, 1.165) is 28.0 Å². The topological polar surface area (TPSA) is 105 Å². The molecular formula is C17H14ClFN4O4S. The molecule has 0 aliphatic carbocycles. The SMILES string of the molecule is CN(Cc1cc(S(=O)(=O)c2cncc(F)c2)n(-c2ccccc2Cl)n1)C(=O)O. The van der Waals surface area contributed by atoms with Gasteiger partial charge < -0.3 is 10.0 Å². The van der Waals surface area contributed by atoms with Crippen LogP contribution in [0.4, 0.5) is 9.18 Å². The first kappa shape index (κ1) is 19.8. The summed E-state index contributed by atoms with van der Waals surface area (Å²) in [6.45, 7) is -0.156. The van der Waals surface area contributed by atoms with Crippen LogP contribution >= 0.6 is 11.6 Å². The highest BCUT2D eigenvalue weighted by atomic mass is 35.5. The molecule has 0 saturated heterocycles. The number of pyridine rings is 1. The summed E-state index contributed by atoms with van der Waals surface area (Å²) in [4.78, 5) is 15.2. The van der Waals surface area contributed by atoms with Crippen LogP contribution < -0.4 is 0 Å². The first-order chi connectivity index (χ1) is 13.2. The number of amides is 1. The summed E-state index contributed by atoms with van der Waals surface area (Å²) in [5.41, 5.74) is 0.448. The zero-order valence-electron chi connectivity index (χ0n) is 14.5. The first-order valence-corrected chi connectivity index (χ1v) is 9.70. The van der Waals surface area contributed by atoms with Crippen molar-refractivity contribution < 1.29 is 22.7 Å². The molecule has 0 spiro atoms. The minimum atomic E-state index is -4.22. The molecule has 0 radical (unpaired) electrons. The van der Waals surface area contributed by atoms with Gasteiger partial charge in [-0.1, -0.05) is 23.7 Å². The van der Waals surface area contributed by atoms with Crippen LogP contribution in [0.5, 0.6) is 0 Å². The number of halogens is 2. The van der Waals surface area contributed by atoms with Gasteiger partial charge in [0.15, 0.2) is 5.03 Å². The number of rotatable bonds is 5. The Morgan fingerprint density at radius 3 is 2.64 bits per heavy atom. The molecule has 1 amide bonds. The van der Waals surface area contributed by atoms with E-state index in [1.165, 1.54) is 13.1 Å². The van der Waals surface area contributed by atoms with E-state index < -0.39 is 21.7 Å². The lowest BCUT2D eigenvalue weighted by molar-refractivity contribution is 0.153. The minimum absolute atomic E-state index is 0.156. The Bertz CT molecular complexity index is 1150. The lowest BCUT2D eigenvalue weighted by atomic mass is 10.3. The fraction of sp³-hybridized carbons (Fsp3) is 0.118. The summed E-state index contributed by atoms with van der Waals surface area (Å²) < 4.78 is 40.8. The zero-order valence-corrected chi connectivity index (χ0v) is 16.0. The molecule has 146 valence electrons. The normalized spacial score (nSPS) is 11.4. The van der Waals surface area contributed by atoms with Crippen LogP contribution in [-0.4, -0.2) is 46.3 Å². The minimum Gasteiger partial charge on any atom is -0.465 e. The molecule has 0 fully saturated rings. The molecule has 0 aliphatic rings. The largest absolute Gasteiger partial charge is 0.465 e. The number of hydrogen-bond acceptors (Lipinski definition) is 5. The van der Waals surface area contributed by atoms with E-state index in [1.54, 1.807) is 24.3 Å². The maximum atomic E-state index is 13.5. The third kappa shape index (κ3) is 3.82. The van der Waals surface area contributed by atoms with Crippen LogP contribution in [0.1, 0.15) is 5.69 Å². The number of carbonyl (C=O) groups is 1. The molecule has 0 saturated carbocycles. The molecule has 2 aromatic heterocycles. The van der Waals surface area contributed by atoms with Crippen molar-refractivity contribution in [3.8, 4) is 5.69 Å². The van der Waals surface area contributed by atoms with E-state index >= 15 is 0 Å². The summed E-state index contributed by atoms with van der Waals surface area (Å²) in [7, 11) is -2.90. The second kappa shape index (κ2) is 7.56. The molecular weight excluding hydrogens is 411 g/mol. The second-order valence-corrected chi connectivity index (χ2v) is 8.12. The molecule has 8 nitrogen and oxygen atoms in total. The number of sulfone groups is 1. The predicted octanol–water partition coefficient (Wildman–Crippen LogP) is 3.00. The van der Waals surface area contributed by atoms with Crippen LogP contribution in [0.15, 0.2) is 58.7 Å². The van der Waals surface area contributed by atoms with Crippen molar-refractivity contribution in [2.24, 2.45) is 0 Å². The van der Waals surface area contributed by atoms with Gasteiger partial charge in [-0.25, -0.2) is 22.3 Å². The van der Waals surface area contributed by atoms with Crippen LogP contribution in [0.3, 0.4) is 0 Å². The van der Waals surface area contributed by atoms with Gasteiger partial charge in [-0.05, 0) is 18.2 Å². The average molecular weight is 425 g/mol. The van der Waals surface area contributed by atoms with Gasteiger partial charge in [0, 0.05) is 19.3 Å². The Morgan fingerprint density at radius 2 is 2.00 bits per heavy atom. The highest BCUT2D eigenvalue weighted by Gasteiger charge is 2.27. The highest BCUT2D eigenvalue weighted by Crippen LogP contribution is 2.28. The Labute approximate surface area is 164 Å². The van der Waals surface area contributed by atoms with Gasteiger partial charge >= 0.3 is 6.09 Å². The van der Waals surface area contributed by atoms with Crippen LogP contribution in [0, 0.1) is 5.82 Å². The number of carboxylic acid groups (broad SMARTS) is 1. The number of nitrogens with zero attached hydrogens (tertiary/aromatic N) is 4. The van der Waals surface area contributed by atoms with Crippen molar-refractivity contribution >= 4 is 27.5 Å². The van der Waals surface area contributed by atoms with Crippen LogP contribution in [-0.2, 0) is 16.4 Å². The summed E-state index contributed by atoms with van der Waals surface area (Å²) in [6, 6.07) is 8.49. The molecule has 0 bridgehead atoms. The van der Waals surface area contributed by atoms with Gasteiger partial charge in [0.05, 0.1) is 34.0 Å². The van der Waals surface area contributed by atoms with Crippen molar-refractivity contribution in [2.45, 2.75) is 16.5 Å². The maximum absolute atomic E-state index is 13.5. The molecule has 3 aromatic rings. The summed E-state index contributed by atoms with van der Waals surface area (Å²) in [5, 5.41) is 13.2. The molecule has 1 N–H and O–H groups in total. The molecule has 11 heteroatoms. The predicted molar refractivity (Wildman–Crippen MR) is 97.7 cm³/mol. The van der Waals surface area contributed by atoms with Gasteiger partial charge in [-0.2, -0.15) is 5.10 Å². The third-order valence-corrected chi connectivity index (χ3v) is 5.80. The Hall–Kier alpha value is -2.98. The molecule has 0 aliphatic heterocycles. The molecule has 2 heterocycles. The first-order valence-electron chi connectivity index (χ1n) is 7.83. The number of benzene rings is 1. The van der Waals surface area contributed by atoms with Gasteiger partial charge in [-0.3, -0.25) is 4.98 Å². The standard InChI is InChI=1S/C17H14ClFN4O4S/c1-22(17(24)25)10-12-7-16(23(21-12)15-5-3-2-4-14(15)18)28(26,27)13-6-11(19)8-20-9-13/h2-9H,10H2,1H3,(H,24,25). The van der Waals surface area contributed by atoms with E-state index in [-0.39, 0.29) is 32.9 Å². The quantitative estimate of drug-likeness (QED) is 0.675. The molecule has 0 unspecified atom stereocenters. The lowest BCUT2D eigenvalue weighted by Gasteiger charge is -2.10. The maximum Gasteiger partial charge on any atom is 0.407 e. The van der Waals surface area contributed by atoms with E-state index in [4.69, 9.17) is 16.7 Å². The number of hydrogen-bond donors (Lipinski definition) is 1. The van der Waals surface area contributed by atoms with Crippen LogP contribution in [0.25, 0.3) is 5.69 Å².